The number of aromatic amines is 1. The van der Waals surface area contributed by atoms with Gasteiger partial charge in [0.1, 0.15) is 0 Å². The van der Waals surface area contributed by atoms with Crippen molar-refractivity contribution >= 4 is 16.6 Å². The highest BCUT2D eigenvalue weighted by Gasteiger charge is 2.14. The molecule has 0 atom stereocenters. The Morgan fingerprint density at radius 1 is 1.15 bits per heavy atom. The molecule has 0 unspecified atom stereocenters. The fraction of sp³-hybridized carbons (Fsp3) is 0.438. The number of aromatic nitrogens is 1. The van der Waals surface area contributed by atoms with Gasteiger partial charge in [0.05, 0.1) is 24.4 Å². The molecule has 0 amide bonds. The van der Waals surface area contributed by atoms with Crippen LogP contribution in [0.3, 0.4) is 0 Å². The van der Waals surface area contributed by atoms with Gasteiger partial charge in [-0.25, -0.2) is 0 Å². The largest absolute Gasteiger partial charge is 0.378 e. The van der Waals surface area contributed by atoms with Crippen LogP contribution in [0, 0.1) is 6.92 Å². The summed E-state index contributed by atoms with van der Waals surface area (Å²) in [4.78, 5) is 16.8. The molecule has 4 heteroatoms. The first kappa shape index (κ1) is 14.6. The molecule has 108 valence electrons. The molecular weight excluding hydrogens is 252 g/mol. The van der Waals surface area contributed by atoms with Gasteiger partial charge in [0.15, 0.2) is 0 Å². The van der Waals surface area contributed by atoms with E-state index in [0.717, 1.165) is 42.9 Å². The van der Waals surface area contributed by atoms with Crippen LogP contribution in [0.1, 0.15) is 19.4 Å². The minimum Gasteiger partial charge on any atom is -0.378 e. The number of nitrogens with zero attached hydrogens (tertiary/aromatic N) is 1. The van der Waals surface area contributed by atoms with E-state index in [2.05, 4.69) is 22.9 Å². The minimum absolute atomic E-state index is 0.0483. The summed E-state index contributed by atoms with van der Waals surface area (Å²) in [5.41, 5.74) is 3.06. The average molecular weight is 274 g/mol. The van der Waals surface area contributed by atoms with E-state index >= 15 is 0 Å². The Hall–Kier alpha value is -1.81. The molecule has 20 heavy (non-hydrogen) atoms. The zero-order valence-electron chi connectivity index (χ0n) is 12.4. The quantitative estimate of drug-likeness (QED) is 0.869. The van der Waals surface area contributed by atoms with E-state index in [1.165, 1.54) is 5.56 Å². The topological polar surface area (TPSA) is 45.3 Å². The fourth-order valence-corrected chi connectivity index (χ4v) is 2.42. The second kappa shape index (κ2) is 6.57. The van der Waals surface area contributed by atoms with E-state index in [1.807, 2.05) is 26.0 Å². The monoisotopic (exact) mass is 274 g/mol. The van der Waals surface area contributed by atoms with Crippen molar-refractivity contribution in [3.05, 3.63) is 40.2 Å². The third-order valence-corrected chi connectivity index (χ3v) is 3.33. The molecule has 0 saturated carbocycles. The van der Waals surface area contributed by atoms with E-state index < -0.39 is 0 Å². The second-order valence-corrected chi connectivity index (χ2v) is 4.67. The molecule has 1 aliphatic heterocycles. The first-order valence-electron chi connectivity index (χ1n) is 7.20. The van der Waals surface area contributed by atoms with E-state index in [9.17, 15) is 4.79 Å². The molecule has 1 aromatic heterocycles. The lowest BCUT2D eigenvalue weighted by atomic mass is 10.1. The van der Waals surface area contributed by atoms with Crippen molar-refractivity contribution < 1.29 is 4.74 Å². The Balaban J connectivity index is 0.000000704. The molecule has 1 fully saturated rings. The summed E-state index contributed by atoms with van der Waals surface area (Å²) in [6.45, 7) is 9.19. The Labute approximate surface area is 119 Å². The molecule has 4 nitrogen and oxygen atoms in total. The third-order valence-electron chi connectivity index (χ3n) is 3.33. The maximum atomic E-state index is 11.7. The fourth-order valence-electron chi connectivity index (χ4n) is 2.42. The molecule has 0 spiro atoms. The number of nitrogens with one attached hydrogen (secondary N) is 1. The van der Waals surface area contributed by atoms with Crippen LogP contribution >= 0.6 is 0 Å². The summed E-state index contributed by atoms with van der Waals surface area (Å²) in [5.74, 6) is 0. The predicted octanol–water partition coefficient (Wildman–Crippen LogP) is 2.70. The number of morpholine rings is 1. The number of aryl methyl sites for hydroxylation is 1. The number of anilines is 1. The molecule has 0 bridgehead atoms. The van der Waals surface area contributed by atoms with Crippen molar-refractivity contribution in [1.82, 2.24) is 4.98 Å². The van der Waals surface area contributed by atoms with Gasteiger partial charge in [-0.15, -0.1) is 0 Å². The van der Waals surface area contributed by atoms with Crippen LogP contribution in [0.2, 0.25) is 0 Å². The Morgan fingerprint density at radius 3 is 2.55 bits per heavy atom. The van der Waals surface area contributed by atoms with E-state index in [1.54, 1.807) is 6.07 Å². The van der Waals surface area contributed by atoms with Crippen LogP contribution in [-0.4, -0.2) is 31.3 Å². The Bertz CT molecular complexity index is 628. The maximum absolute atomic E-state index is 11.7. The maximum Gasteiger partial charge on any atom is 0.250 e. The number of pyridine rings is 1. The molecule has 1 saturated heterocycles. The summed E-state index contributed by atoms with van der Waals surface area (Å²) in [7, 11) is 0. The van der Waals surface area contributed by atoms with Crippen LogP contribution in [-0.2, 0) is 4.74 Å². The summed E-state index contributed by atoms with van der Waals surface area (Å²) >= 11 is 0. The van der Waals surface area contributed by atoms with Crippen LogP contribution < -0.4 is 10.5 Å². The van der Waals surface area contributed by atoms with Gasteiger partial charge < -0.3 is 14.6 Å². The van der Waals surface area contributed by atoms with Gasteiger partial charge in [0.2, 0.25) is 5.56 Å². The van der Waals surface area contributed by atoms with E-state index in [0.29, 0.717) is 0 Å². The molecule has 0 aliphatic carbocycles. The summed E-state index contributed by atoms with van der Waals surface area (Å²) in [6, 6.07) is 7.79. The standard InChI is InChI=1S/C14H16N2O2.C2H6/c1-10-2-3-12-11(8-10)13(9-14(17)15-12)16-4-6-18-7-5-16;1-2/h2-3,8-9H,4-7H2,1H3,(H,15,17);1-2H3. The van der Waals surface area contributed by atoms with Gasteiger partial charge in [-0.1, -0.05) is 25.5 Å². The number of benzene rings is 1. The second-order valence-electron chi connectivity index (χ2n) is 4.67. The van der Waals surface area contributed by atoms with Gasteiger partial charge >= 0.3 is 0 Å². The molecule has 3 rings (SSSR count). The van der Waals surface area contributed by atoms with E-state index in [-0.39, 0.29) is 5.56 Å². The van der Waals surface area contributed by atoms with Crippen molar-refractivity contribution in [2.45, 2.75) is 20.8 Å². The number of ether oxygens (including phenoxy) is 1. The first-order chi connectivity index (χ1) is 9.74. The van der Waals surface area contributed by atoms with Crippen LogP contribution in [0.4, 0.5) is 5.69 Å². The molecule has 1 N–H and O–H groups in total. The summed E-state index contributed by atoms with van der Waals surface area (Å²) in [5, 5.41) is 1.11. The highest BCUT2D eigenvalue weighted by Crippen LogP contribution is 2.25. The highest BCUT2D eigenvalue weighted by atomic mass is 16.5. The molecule has 1 aliphatic rings. The highest BCUT2D eigenvalue weighted by molar-refractivity contribution is 5.92. The Kier molecular flexibility index (Phi) is 4.79. The van der Waals surface area contributed by atoms with Gasteiger partial charge in [-0.3, -0.25) is 4.79 Å². The van der Waals surface area contributed by atoms with Crippen molar-refractivity contribution in [2.75, 3.05) is 31.2 Å². The minimum atomic E-state index is -0.0483. The van der Waals surface area contributed by atoms with Crippen LogP contribution in [0.5, 0.6) is 0 Å². The number of hydrogen-bond acceptors (Lipinski definition) is 3. The lowest BCUT2D eigenvalue weighted by Gasteiger charge is -2.29. The Morgan fingerprint density at radius 2 is 1.85 bits per heavy atom. The first-order valence-corrected chi connectivity index (χ1v) is 7.20. The molecule has 0 radical (unpaired) electrons. The van der Waals surface area contributed by atoms with Crippen LogP contribution in [0.15, 0.2) is 29.1 Å². The summed E-state index contributed by atoms with van der Waals surface area (Å²) < 4.78 is 5.36. The normalized spacial score (nSPS) is 14.8. The van der Waals surface area contributed by atoms with Crippen molar-refractivity contribution in [1.29, 1.82) is 0 Å². The van der Waals surface area contributed by atoms with Crippen LogP contribution in [0.25, 0.3) is 10.9 Å². The van der Waals surface area contributed by atoms with Crippen molar-refractivity contribution in [3.8, 4) is 0 Å². The van der Waals surface area contributed by atoms with Crippen molar-refractivity contribution in [2.24, 2.45) is 0 Å². The zero-order chi connectivity index (χ0) is 14.5. The number of H-pyrrole nitrogens is 1. The third kappa shape index (κ3) is 3.02. The zero-order valence-corrected chi connectivity index (χ0v) is 12.4. The lowest BCUT2D eigenvalue weighted by molar-refractivity contribution is 0.123. The number of hydrogen-bond donors (Lipinski definition) is 1. The number of fused-ring (bicyclic) bond motifs is 1. The predicted molar refractivity (Wildman–Crippen MR) is 83.7 cm³/mol. The average Bonchev–Trinajstić information content (AvgIpc) is 2.50. The smallest absolute Gasteiger partial charge is 0.250 e. The van der Waals surface area contributed by atoms with Crippen molar-refractivity contribution in [3.63, 3.8) is 0 Å². The molecule has 2 aromatic rings. The SMILES string of the molecule is CC.Cc1ccc2[nH]c(=O)cc(N3CCOCC3)c2c1. The van der Waals surface area contributed by atoms with Gasteiger partial charge in [0.25, 0.3) is 0 Å². The summed E-state index contributed by atoms with van der Waals surface area (Å²) in [6.07, 6.45) is 0. The number of rotatable bonds is 1. The van der Waals surface area contributed by atoms with Gasteiger partial charge in [-0.05, 0) is 19.1 Å². The molecule has 2 heterocycles. The van der Waals surface area contributed by atoms with E-state index in [4.69, 9.17) is 4.74 Å². The van der Waals surface area contributed by atoms with Gasteiger partial charge in [-0.2, -0.15) is 0 Å². The van der Waals surface area contributed by atoms with Gasteiger partial charge in [0, 0.05) is 24.5 Å². The molecular formula is C16H22N2O2. The molecule has 1 aromatic carbocycles. The lowest BCUT2D eigenvalue weighted by Crippen LogP contribution is -2.36.